The molecule has 3 rings (SSSR count). The van der Waals surface area contributed by atoms with Gasteiger partial charge < -0.3 is 14.8 Å². The summed E-state index contributed by atoms with van der Waals surface area (Å²) in [5.74, 6) is -0.293. The third kappa shape index (κ3) is 4.23. The van der Waals surface area contributed by atoms with Gasteiger partial charge in [-0.2, -0.15) is 0 Å². The van der Waals surface area contributed by atoms with Gasteiger partial charge in [-0.25, -0.2) is 8.42 Å². The van der Waals surface area contributed by atoms with Gasteiger partial charge in [0.25, 0.3) is 5.91 Å². The van der Waals surface area contributed by atoms with E-state index in [1.165, 1.54) is 31.4 Å². The number of sulfonamides is 1. The second kappa shape index (κ2) is 7.08. The molecule has 0 saturated carbocycles. The molecular weight excluding hydrogens is 372 g/mol. The molecule has 3 N–H and O–H groups in total. The number of nitrogens with zero attached hydrogens (tertiary/aromatic N) is 2. The zero-order chi connectivity index (χ0) is 19.6. The molecule has 9 nitrogen and oxygen atoms in total. The molecule has 0 aliphatic heterocycles. The van der Waals surface area contributed by atoms with Gasteiger partial charge in [0.2, 0.25) is 15.9 Å². The fourth-order valence-corrected chi connectivity index (χ4v) is 2.98. The van der Waals surface area contributed by atoms with E-state index in [9.17, 15) is 18.3 Å². The summed E-state index contributed by atoms with van der Waals surface area (Å²) in [6, 6.07) is 10.8. The van der Waals surface area contributed by atoms with Gasteiger partial charge in [0.1, 0.15) is 5.75 Å². The molecule has 27 heavy (non-hydrogen) atoms. The first kappa shape index (κ1) is 18.4. The van der Waals surface area contributed by atoms with Crippen LogP contribution in [-0.2, 0) is 10.0 Å². The van der Waals surface area contributed by atoms with Crippen LogP contribution >= 0.6 is 0 Å². The van der Waals surface area contributed by atoms with Crippen LogP contribution in [0.3, 0.4) is 0 Å². The number of aromatic nitrogens is 1. The van der Waals surface area contributed by atoms with E-state index in [4.69, 9.17) is 4.74 Å². The number of fused-ring (bicyclic) bond motifs is 1. The number of amides is 1. The van der Waals surface area contributed by atoms with E-state index in [0.29, 0.717) is 22.3 Å². The van der Waals surface area contributed by atoms with Crippen LogP contribution in [0.2, 0.25) is 0 Å². The average molecular weight is 388 g/mol. The maximum atomic E-state index is 12.2. The standard InChI is InChI=1S/C17H16N4O5S/c1-26-12-7-8-14-13(9-12)15(17(23)18-14)19-20-16(22)10-3-5-11(6-4-10)21-27(2,24)25/h3-9,18,21,23H,1-2H3. The van der Waals surface area contributed by atoms with E-state index in [0.717, 1.165) is 6.26 Å². The van der Waals surface area contributed by atoms with Crippen LogP contribution in [0.5, 0.6) is 11.6 Å². The summed E-state index contributed by atoms with van der Waals surface area (Å²) in [6.07, 6.45) is 1.03. The minimum Gasteiger partial charge on any atom is -0.497 e. The molecule has 0 aliphatic carbocycles. The van der Waals surface area contributed by atoms with Gasteiger partial charge in [-0.1, -0.05) is 0 Å². The summed E-state index contributed by atoms with van der Waals surface area (Å²) in [4.78, 5) is 14.9. The van der Waals surface area contributed by atoms with Crippen LogP contribution in [-0.4, -0.2) is 37.8 Å². The van der Waals surface area contributed by atoms with Crippen molar-refractivity contribution in [2.24, 2.45) is 10.2 Å². The number of aromatic amines is 1. The lowest BCUT2D eigenvalue weighted by molar-refractivity contribution is 0.0995. The van der Waals surface area contributed by atoms with Crippen molar-refractivity contribution in [3.8, 4) is 11.6 Å². The molecule has 0 saturated heterocycles. The Balaban J connectivity index is 1.84. The van der Waals surface area contributed by atoms with Crippen molar-refractivity contribution >= 4 is 38.2 Å². The highest BCUT2D eigenvalue weighted by atomic mass is 32.2. The molecule has 0 atom stereocenters. The zero-order valence-electron chi connectivity index (χ0n) is 14.4. The number of anilines is 1. The number of rotatable bonds is 5. The fourth-order valence-electron chi connectivity index (χ4n) is 2.42. The molecule has 140 valence electrons. The van der Waals surface area contributed by atoms with Crippen LogP contribution in [0.25, 0.3) is 10.9 Å². The summed E-state index contributed by atoms with van der Waals surface area (Å²) < 4.78 is 29.8. The van der Waals surface area contributed by atoms with E-state index in [1.54, 1.807) is 18.2 Å². The van der Waals surface area contributed by atoms with Gasteiger partial charge in [0, 0.05) is 16.6 Å². The van der Waals surface area contributed by atoms with E-state index in [-0.39, 0.29) is 17.1 Å². The number of hydrogen-bond donors (Lipinski definition) is 3. The van der Waals surface area contributed by atoms with Crippen molar-refractivity contribution in [3.05, 3.63) is 48.0 Å². The number of nitrogens with one attached hydrogen (secondary N) is 2. The molecule has 0 spiro atoms. The number of azo groups is 1. The van der Waals surface area contributed by atoms with Crippen molar-refractivity contribution in [2.45, 2.75) is 0 Å². The molecular formula is C17H16N4O5S. The molecule has 0 unspecified atom stereocenters. The number of ether oxygens (including phenoxy) is 1. The highest BCUT2D eigenvalue weighted by Crippen LogP contribution is 2.37. The number of carbonyl (C=O) groups is 1. The third-order valence-electron chi connectivity index (χ3n) is 3.64. The summed E-state index contributed by atoms with van der Waals surface area (Å²) >= 11 is 0. The van der Waals surface area contributed by atoms with Crippen LogP contribution in [0.4, 0.5) is 11.4 Å². The smallest absolute Gasteiger partial charge is 0.295 e. The minimum absolute atomic E-state index is 0.118. The van der Waals surface area contributed by atoms with E-state index in [2.05, 4.69) is 19.9 Å². The Kier molecular flexibility index (Phi) is 4.82. The van der Waals surface area contributed by atoms with Crippen LogP contribution in [0.1, 0.15) is 10.4 Å². The molecule has 1 aromatic heterocycles. The lowest BCUT2D eigenvalue weighted by atomic mass is 10.2. The quantitative estimate of drug-likeness (QED) is 0.577. The normalized spacial score (nSPS) is 11.8. The Labute approximate surface area is 154 Å². The van der Waals surface area contributed by atoms with Gasteiger partial charge in [-0.15, -0.1) is 10.2 Å². The lowest BCUT2D eigenvalue weighted by Crippen LogP contribution is -2.09. The zero-order valence-corrected chi connectivity index (χ0v) is 15.2. The fraction of sp³-hybridized carbons (Fsp3) is 0.118. The van der Waals surface area contributed by atoms with Crippen LogP contribution in [0.15, 0.2) is 52.7 Å². The molecule has 2 aromatic carbocycles. The molecule has 0 fully saturated rings. The van der Waals surface area contributed by atoms with Gasteiger partial charge >= 0.3 is 0 Å². The summed E-state index contributed by atoms with van der Waals surface area (Å²) in [5, 5.41) is 18.0. The third-order valence-corrected chi connectivity index (χ3v) is 4.24. The Bertz CT molecular complexity index is 1130. The first-order valence-electron chi connectivity index (χ1n) is 7.69. The first-order valence-corrected chi connectivity index (χ1v) is 9.58. The van der Waals surface area contributed by atoms with E-state index < -0.39 is 15.9 Å². The Morgan fingerprint density at radius 2 is 1.89 bits per heavy atom. The number of methoxy groups -OCH3 is 1. The molecule has 0 bridgehead atoms. The summed E-state index contributed by atoms with van der Waals surface area (Å²) in [6.45, 7) is 0. The number of aromatic hydroxyl groups is 1. The Morgan fingerprint density at radius 3 is 2.52 bits per heavy atom. The summed E-state index contributed by atoms with van der Waals surface area (Å²) in [7, 11) is -1.89. The first-order chi connectivity index (χ1) is 12.8. The van der Waals surface area contributed by atoms with Crippen LogP contribution in [0, 0.1) is 0 Å². The van der Waals surface area contributed by atoms with Gasteiger partial charge in [0.15, 0.2) is 5.69 Å². The van der Waals surface area contributed by atoms with E-state index >= 15 is 0 Å². The van der Waals surface area contributed by atoms with Crippen molar-refractivity contribution < 1.29 is 23.1 Å². The van der Waals surface area contributed by atoms with Crippen LogP contribution < -0.4 is 9.46 Å². The molecule has 1 heterocycles. The Hall–Kier alpha value is -3.40. The van der Waals surface area contributed by atoms with Crippen molar-refractivity contribution in [3.63, 3.8) is 0 Å². The number of carbonyl (C=O) groups excluding carboxylic acids is 1. The molecule has 0 radical (unpaired) electrons. The van der Waals surface area contributed by atoms with Gasteiger partial charge in [0.05, 0.1) is 18.9 Å². The predicted molar refractivity (Wildman–Crippen MR) is 100 cm³/mol. The predicted octanol–water partition coefficient (Wildman–Crippen LogP) is 3.18. The molecule has 0 aliphatic rings. The van der Waals surface area contributed by atoms with Gasteiger partial charge in [-0.3, -0.25) is 9.52 Å². The molecule has 1 amide bonds. The number of hydrogen-bond acceptors (Lipinski definition) is 6. The van der Waals surface area contributed by atoms with E-state index in [1.807, 2.05) is 0 Å². The molecule has 3 aromatic rings. The number of benzene rings is 2. The van der Waals surface area contributed by atoms with Gasteiger partial charge in [-0.05, 0) is 42.5 Å². The molecule has 10 heteroatoms. The minimum atomic E-state index is -3.40. The maximum absolute atomic E-state index is 12.2. The average Bonchev–Trinajstić information content (AvgIpc) is 2.93. The number of H-pyrrole nitrogens is 1. The van der Waals surface area contributed by atoms with Crippen molar-refractivity contribution in [1.82, 2.24) is 4.98 Å². The van der Waals surface area contributed by atoms with Crippen molar-refractivity contribution in [2.75, 3.05) is 18.1 Å². The highest BCUT2D eigenvalue weighted by molar-refractivity contribution is 7.92. The highest BCUT2D eigenvalue weighted by Gasteiger charge is 2.13. The maximum Gasteiger partial charge on any atom is 0.295 e. The SMILES string of the molecule is COc1ccc2[nH]c(O)c(N=NC(=O)c3ccc(NS(C)(=O)=O)cc3)c2c1. The Morgan fingerprint density at radius 1 is 1.19 bits per heavy atom. The van der Waals surface area contributed by atoms with Crippen molar-refractivity contribution in [1.29, 1.82) is 0 Å². The second-order valence-electron chi connectivity index (χ2n) is 5.69. The summed E-state index contributed by atoms with van der Waals surface area (Å²) in [5.41, 5.74) is 1.28. The topological polar surface area (TPSA) is 133 Å². The lowest BCUT2D eigenvalue weighted by Gasteiger charge is -2.03. The second-order valence-corrected chi connectivity index (χ2v) is 7.44. The largest absolute Gasteiger partial charge is 0.497 e. The monoisotopic (exact) mass is 388 g/mol.